The van der Waals surface area contributed by atoms with Crippen LogP contribution in [0.15, 0.2) is 115 Å². The van der Waals surface area contributed by atoms with Crippen molar-refractivity contribution in [2.45, 2.75) is 6.04 Å². The van der Waals surface area contributed by atoms with Gasteiger partial charge in [-0.15, -0.1) is 0 Å². The number of para-hydroxylation sites is 2. The van der Waals surface area contributed by atoms with Crippen LogP contribution in [0.1, 0.15) is 27.5 Å². The summed E-state index contributed by atoms with van der Waals surface area (Å²) in [5.74, 6) is 0.998. The number of carbonyl (C=O) groups is 1. The molecule has 1 saturated heterocycles. The zero-order valence-corrected chi connectivity index (χ0v) is 23.1. The molecular formula is C33H33N3O3S. The van der Waals surface area contributed by atoms with Crippen molar-refractivity contribution in [3.05, 3.63) is 132 Å². The maximum atomic E-state index is 13.2. The predicted octanol–water partition coefficient (Wildman–Crippen LogP) is 5.57. The minimum atomic E-state index is -0.279. The molecule has 7 heteroatoms. The van der Waals surface area contributed by atoms with E-state index in [9.17, 15) is 4.79 Å². The third kappa shape index (κ3) is 7.05. The van der Waals surface area contributed by atoms with Crippen LogP contribution in [-0.4, -0.2) is 60.2 Å². The monoisotopic (exact) mass is 551 g/mol. The van der Waals surface area contributed by atoms with Gasteiger partial charge in [-0.3, -0.25) is 15.0 Å². The second kappa shape index (κ2) is 13.7. The van der Waals surface area contributed by atoms with Crippen molar-refractivity contribution >= 4 is 23.2 Å². The van der Waals surface area contributed by atoms with Crippen molar-refractivity contribution in [2.24, 2.45) is 0 Å². The van der Waals surface area contributed by atoms with Crippen molar-refractivity contribution in [1.29, 1.82) is 0 Å². The fourth-order valence-electron chi connectivity index (χ4n) is 4.92. The van der Waals surface area contributed by atoms with Crippen LogP contribution in [0.4, 0.5) is 0 Å². The summed E-state index contributed by atoms with van der Waals surface area (Å²) < 4.78 is 11.6. The van der Waals surface area contributed by atoms with Crippen LogP contribution in [0.3, 0.4) is 0 Å². The first-order valence-electron chi connectivity index (χ1n) is 13.5. The lowest BCUT2D eigenvalue weighted by Gasteiger charge is -2.40. The van der Waals surface area contributed by atoms with E-state index in [-0.39, 0.29) is 11.9 Å². The molecule has 1 aliphatic rings. The molecule has 1 N–H and O–H groups in total. The average molecular weight is 552 g/mol. The lowest BCUT2D eigenvalue weighted by atomic mass is 9.96. The molecule has 0 radical (unpaired) electrons. The summed E-state index contributed by atoms with van der Waals surface area (Å²) in [6.45, 7) is 3.79. The molecule has 0 bridgehead atoms. The Morgan fingerprint density at radius 3 is 1.85 bits per heavy atom. The quantitative estimate of drug-likeness (QED) is 0.217. The highest BCUT2D eigenvalue weighted by atomic mass is 32.1. The Labute approximate surface area is 241 Å². The molecule has 40 heavy (non-hydrogen) atoms. The van der Waals surface area contributed by atoms with Crippen LogP contribution in [-0.2, 0) is 0 Å². The minimum absolute atomic E-state index is 0.169. The standard InChI is InChI=1S/C33H33N3O3S/c37-32(29-18-10-11-19-30(29)39-25-24-38-28-16-8-3-9-17-28)34-33(40)36-22-20-35(21-23-36)31(26-12-4-1-5-13-26)27-14-6-2-7-15-27/h1-19,31H,20-25H2,(H,34,37,40). The van der Waals surface area contributed by atoms with Gasteiger partial charge in [0.25, 0.3) is 5.91 Å². The number of benzene rings is 4. The summed E-state index contributed by atoms with van der Waals surface area (Å²) in [7, 11) is 0. The fraction of sp³-hybridized carbons (Fsp3) is 0.212. The van der Waals surface area contributed by atoms with Gasteiger partial charge in [-0.1, -0.05) is 91.0 Å². The normalized spacial score (nSPS) is 13.6. The molecule has 4 aromatic carbocycles. The summed E-state index contributed by atoms with van der Waals surface area (Å²) in [6.07, 6.45) is 0. The molecule has 0 unspecified atom stereocenters. The van der Waals surface area contributed by atoms with Gasteiger partial charge in [-0.25, -0.2) is 0 Å². The minimum Gasteiger partial charge on any atom is -0.490 e. The Balaban J connectivity index is 1.16. The zero-order valence-electron chi connectivity index (χ0n) is 22.3. The molecule has 1 aliphatic heterocycles. The van der Waals surface area contributed by atoms with Crippen LogP contribution in [0.2, 0.25) is 0 Å². The maximum absolute atomic E-state index is 13.2. The van der Waals surface area contributed by atoms with Crippen LogP contribution in [0, 0.1) is 0 Å². The first-order valence-corrected chi connectivity index (χ1v) is 13.9. The highest BCUT2D eigenvalue weighted by molar-refractivity contribution is 7.80. The molecule has 204 valence electrons. The van der Waals surface area contributed by atoms with E-state index in [0.29, 0.717) is 29.6 Å². The van der Waals surface area contributed by atoms with Crippen LogP contribution >= 0.6 is 12.2 Å². The molecule has 0 saturated carbocycles. The fourth-order valence-corrected chi connectivity index (χ4v) is 5.19. The van der Waals surface area contributed by atoms with E-state index >= 15 is 0 Å². The maximum Gasteiger partial charge on any atom is 0.261 e. The molecule has 0 spiro atoms. The van der Waals surface area contributed by atoms with E-state index in [1.807, 2.05) is 54.6 Å². The van der Waals surface area contributed by atoms with Crippen LogP contribution in [0.25, 0.3) is 0 Å². The van der Waals surface area contributed by atoms with E-state index in [1.165, 1.54) is 11.1 Å². The number of amides is 1. The summed E-state index contributed by atoms with van der Waals surface area (Å²) in [4.78, 5) is 17.7. The molecule has 0 aliphatic carbocycles. The van der Waals surface area contributed by atoms with E-state index in [1.54, 1.807) is 12.1 Å². The molecule has 1 fully saturated rings. The van der Waals surface area contributed by atoms with Crippen molar-refractivity contribution in [1.82, 2.24) is 15.1 Å². The topological polar surface area (TPSA) is 54.0 Å². The number of hydrogen-bond acceptors (Lipinski definition) is 5. The van der Waals surface area contributed by atoms with Crippen molar-refractivity contribution in [2.75, 3.05) is 39.4 Å². The number of ether oxygens (including phenoxy) is 2. The van der Waals surface area contributed by atoms with Gasteiger partial charge in [0.2, 0.25) is 0 Å². The van der Waals surface area contributed by atoms with Gasteiger partial charge >= 0.3 is 0 Å². The van der Waals surface area contributed by atoms with E-state index < -0.39 is 0 Å². The van der Waals surface area contributed by atoms with Gasteiger partial charge in [0.15, 0.2) is 5.11 Å². The molecule has 6 nitrogen and oxygen atoms in total. The SMILES string of the molecule is O=C(NC(=S)N1CCN(C(c2ccccc2)c2ccccc2)CC1)c1ccccc1OCCOc1ccccc1. The Morgan fingerprint density at radius 2 is 1.23 bits per heavy atom. The van der Waals surface area contributed by atoms with Crippen molar-refractivity contribution in [3.63, 3.8) is 0 Å². The molecular weight excluding hydrogens is 518 g/mol. The van der Waals surface area contributed by atoms with Gasteiger partial charge in [0, 0.05) is 26.2 Å². The molecule has 0 atom stereocenters. The number of thiocarbonyl (C=S) groups is 1. The number of carbonyl (C=O) groups excluding carboxylic acids is 1. The summed E-state index contributed by atoms with van der Waals surface area (Å²) in [6, 6.07) is 38.1. The van der Waals surface area contributed by atoms with Gasteiger partial charge < -0.3 is 14.4 Å². The predicted molar refractivity (Wildman–Crippen MR) is 162 cm³/mol. The van der Waals surface area contributed by atoms with Gasteiger partial charge in [0.05, 0.1) is 11.6 Å². The van der Waals surface area contributed by atoms with Gasteiger partial charge in [-0.05, 0) is 47.6 Å². The highest BCUT2D eigenvalue weighted by Crippen LogP contribution is 2.29. The Kier molecular flexibility index (Phi) is 9.40. The smallest absolute Gasteiger partial charge is 0.261 e. The zero-order chi connectivity index (χ0) is 27.6. The number of nitrogens with one attached hydrogen (secondary N) is 1. The van der Waals surface area contributed by atoms with Gasteiger partial charge in [0.1, 0.15) is 24.7 Å². The molecule has 1 heterocycles. The largest absolute Gasteiger partial charge is 0.490 e. The van der Waals surface area contributed by atoms with E-state index in [2.05, 4.69) is 63.6 Å². The summed E-state index contributed by atoms with van der Waals surface area (Å²) >= 11 is 5.66. The molecule has 1 amide bonds. The Hall–Kier alpha value is -4.20. The third-order valence-electron chi connectivity index (χ3n) is 6.90. The lowest BCUT2D eigenvalue weighted by Crippen LogP contribution is -2.53. The highest BCUT2D eigenvalue weighted by Gasteiger charge is 2.28. The van der Waals surface area contributed by atoms with E-state index in [0.717, 1.165) is 31.9 Å². The summed E-state index contributed by atoms with van der Waals surface area (Å²) in [5.41, 5.74) is 2.98. The van der Waals surface area contributed by atoms with Gasteiger partial charge in [-0.2, -0.15) is 0 Å². The number of nitrogens with zero attached hydrogens (tertiary/aromatic N) is 2. The first kappa shape index (κ1) is 27.4. The average Bonchev–Trinajstić information content (AvgIpc) is 3.01. The molecule has 0 aromatic heterocycles. The van der Waals surface area contributed by atoms with Crippen LogP contribution < -0.4 is 14.8 Å². The number of hydrogen-bond donors (Lipinski definition) is 1. The van der Waals surface area contributed by atoms with E-state index in [4.69, 9.17) is 21.7 Å². The number of rotatable bonds is 9. The molecule has 4 aromatic rings. The van der Waals surface area contributed by atoms with Crippen LogP contribution in [0.5, 0.6) is 11.5 Å². The number of piperazine rings is 1. The second-order valence-corrected chi connectivity index (χ2v) is 9.90. The molecule has 5 rings (SSSR count). The van der Waals surface area contributed by atoms with Crippen molar-refractivity contribution < 1.29 is 14.3 Å². The second-order valence-electron chi connectivity index (χ2n) is 9.51. The Morgan fingerprint density at radius 1 is 0.700 bits per heavy atom. The van der Waals surface area contributed by atoms with Crippen molar-refractivity contribution in [3.8, 4) is 11.5 Å². The lowest BCUT2D eigenvalue weighted by molar-refractivity contribution is 0.0962. The Bertz CT molecular complexity index is 1340. The summed E-state index contributed by atoms with van der Waals surface area (Å²) in [5, 5.41) is 3.35. The first-order chi connectivity index (χ1) is 19.7. The third-order valence-corrected chi connectivity index (χ3v) is 7.26.